The summed E-state index contributed by atoms with van der Waals surface area (Å²) >= 11 is 0. The number of hydrogen-bond acceptors (Lipinski definition) is 1. The van der Waals surface area contributed by atoms with E-state index in [1.807, 2.05) is 12.4 Å². The van der Waals surface area contributed by atoms with Crippen LogP contribution in [0.4, 0.5) is 0 Å². The van der Waals surface area contributed by atoms with Gasteiger partial charge in [0.15, 0.2) is 0 Å². The van der Waals surface area contributed by atoms with Crippen LogP contribution in [0.15, 0.2) is 36.7 Å². The maximum Gasteiger partial charge on any atom is 0.105 e. The molecule has 1 heterocycles. The molecule has 0 aliphatic rings. The number of nitrogens with one attached hydrogen (secondary N) is 1. The average molecular weight is 383 g/mol. The summed E-state index contributed by atoms with van der Waals surface area (Å²) in [5.74, 6) is 1.79. The molecule has 1 unspecified atom stereocenters. The normalized spacial score (nSPS) is 12.4. The van der Waals surface area contributed by atoms with Gasteiger partial charge in [-0.15, -0.1) is 0 Å². The van der Waals surface area contributed by atoms with Crippen LogP contribution in [-0.4, -0.2) is 9.97 Å². The first-order valence-corrected chi connectivity index (χ1v) is 11.9. The van der Waals surface area contributed by atoms with Gasteiger partial charge in [0, 0.05) is 18.8 Å². The van der Waals surface area contributed by atoms with E-state index >= 15 is 0 Å². The van der Waals surface area contributed by atoms with Crippen LogP contribution < -0.4 is 0 Å². The van der Waals surface area contributed by atoms with E-state index in [-0.39, 0.29) is 0 Å². The Morgan fingerprint density at radius 2 is 1.43 bits per heavy atom. The van der Waals surface area contributed by atoms with Gasteiger partial charge in [0.2, 0.25) is 0 Å². The third-order valence-corrected chi connectivity index (χ3v) is 5.97. The van der Waals surface area contributed by atoms with Gasteiger partial charge >= 0.3 is 0 Å². The summed E-state index contributed by atoms with van der Waals surface area (Å²) in [5.41, 5.74) is 3.02. The highest BCUT2D eigenvalue weighted by Crippen LogP contribution is 2.23. The highest BCUT2D eigenvalue weighted by Gasteiger charge is 2.06. The van der Waals surface area contributed by atoms with Crippen molar-refractivity contribution in [1.29, 1.82) is 0 Å². The predicted octanol–water partition coefficient (Wildman–Crippen LogP) is 8.00. The fraction of sp³-hybridized carbons (Fsp3) is 0.654. The number of aromatic nitrogens is 2. The molecule has 28 heavy (non-hydrogen) atoms. The molecule has 2 aromatic rings. The number of rotatable bonds is 16. The molecule has 1 aromatic carbocycles. The van der Waals surface area contributed by atoms with E-state index in [9.17, 15) is 0 Å². The molecular formula is C26H42N2. The predicted molar refractivity (Wildman–Crippen MR) is 122 cm³/mol. The fourth-order valence-corrected chi connectivity index (χ4v) is 4.00. The highest BCUT2D eigenvalue weighted by atomic mass is 14.9. The fourth-order valence-electron chi connectivity index (χ4n) is 4.00. The van der Waals surface area contributed by atoms with Crippen molar-refractivity contribution >= 4 is 0 Å². The van der Waals surface area contributed by atoms with Gasteiger partial charge in [-0.25, -0.2) is 4.98 Å². The van der Waals surface area contributed by atoms with Crippen molar-refractivity contribution in [2.75, 3.05) is 0 Å². The second kappa shape index (κ2) is 14.4. The molecule has 0 radical (unpaired) electrons. The zero-order valence-corrected chi connectivity index (χ0v) is 18.4. The van der Waals surface area contributed by atoms with E-state index in [0.717, 1.165) is 12.2 Å². The first-order chi connectivity index (χ1) is 13.8. The summed E-state index contributed by atoms with van der Waals surface area (Å²) in [7, 11) is 0. The highest BCUT2D eigenvalue weighted by molar-refractivity contribution is 5.25. The molecule has 0 spiro atoms. The second-order valence-electron chi connectivity index (χ2n) is 8.50. The third kappa shape index (κ3) is 9.57. The van der Waals surface area contributed by atoms with Crippen molar-refractivity contribution in [2.45, 2.75) is 110 Å². The lowest BCUT2D eigenvalue weighted by molar-refractivity contribution is 0.575. The Kier molecular flexibility index (Phi) is 11.7. The molecule has 0 amide bonds. The Balaban J connectivity index is 1.53. The molecule has 0 aliphatic heterocycles. The molecule has 2 rings (SSSR count). The maximum atomic E-state index is 4.30. The maximum absolute atomic E-state index is 4.30. The molecule has 2 nitrogen and oxygen atoms in total. The van der Waals surface area contributed by atoms with E-state index in [0.29, 0.717) is 5.92 Å². The van der Waals surface area contributed by atoms with Gasteiger partial charge in [0.05, 0.1) is 0 Å². The first kappa shape index (κ1) is 22.7. The number of aryl methyl sites for hydroxylation is 2. The van der Waals surface area contributed by atoms with Crippen molar-refractivity contribution in [3.05, 3.63) is 53.6 Å². The summed E-state index contributed by atoms with van der Waals surface area (Å²) in [6.45, 7) is 4.66. The van der Waals surface area contributed by atoms with Crippen molar-refractivity contribution in [3.8, 4) is 0 Å². The Bertz CT molecular complexity index is 585. The Morgan fingerprint density at radius 1 is 0.786 bits per heavy atom. The van der Waals surface area contributed by atoms with Gasteiger partial charge in [-0.3, -0.25) is 0 Å². The minimum Gasteiger partial charge on any atom is -0.349 e. The molecule has 0 fully saturated rings. The Morgan fingerprint density at radius 3 is 2.11 bits per heavy atom. The zero-order chi connectivity index (χ0) is 19.9. The summed E-state index contributed by atoms with van der Waals surface area (Å²) in [6.07, 6.45) is 22.4. The number of hydrogen-bond donors (Lipinski definition) is 1. The largest absolute Gasteiger partial charge is 0.349 e. The summed E-state index contributed by atoms with van der Waals surface area (Å²) in [6, 6.07) is 9.47. The molecule has 1 aromatic heterocycles. The minimum absolute atomic E-state index is 0.667. The molecule has 0 saturated carbocycles. The topological polar surface area (TPSA) is 28.7 Å². The molecule has 1 N–H and O–H groups in total. The smallest absolute Gasteiger partial charge is 0.105 e. The van der Waals surface area contributed by atoms with E-state index < -0.39 is 0 Å². The minimum atomic E-state index is 0.667. The Labute approximate surface area is 173 Å². The number of unbranched alkanes of at least 4 members (excludes halogenated alkanes) is 9. The van der Waals surface area contributed by atoms with Crippen LogP contribution in [0.5, 0.6) is 0 Å². The van der Waals surface area contributed by atoms with E-state index in [2.05, 4.69) is 48.1 Å². The van der Waals surface area contributed by atoms with Crippen LogP contribution in [0.3, 0.4) is 0 Å². The number of benzene rings is 1. The van der Waals surface area contributed by atoms with E-state index in [1.54, 1.807) is 0 Å². The Hall–Kier alpha value is -1.57. The van der Waals surface area contributed by atoms with Crippen molar-refractivity contribution < 1.29 is 0 Å². The van der Waals surface area contributed by atoms with Crippen LogP contribution in [0.25, 0.3) is 0 Å². The summed E-state index contributed by atoms with van der Waals surface area (Å²) < 4.78 is 0. The molecule has 1 atom stereocenters. The standard InChI is InChI=1S/C26H42N2/c1-3-4-5-6-7-8-9-12-15-24-17-19-25(20-18-24)23(2)14-11-10-13-16-26-27-21-22-28-26/h17-23H,3-16H2,1-2H3,(H,27,28). The molecule has 0 saturated heterocycles. The molecule has 2 heteroatoms. The van der Waals surface area contributed by atoms with Crippen LogP contribution in [0.1, 0.15) is 114 Å². The van der Waals surface area contributed by atoms with Gasteiger partial charge < -0.3 is 4.98 Å². The van der Waals surface area contributed by atoms with Gasteiger partial charge in [0.25, 0.3) is 0 Å². The molecule has 0 bridgehead atoms. The number of nitrogens with zero attached hydrogens (tertiary/aromatic N) is 1. The van der Waals surface area contributed by atoms with Gasteiger partial charge in [-0.1, -0.05) is 95.9 Å². The quantitative estimate of drug-likeness (QED) is 0.293. The van der Waals surface area contributed by atoms with Crippen LogP contribution in [0, 0.1) is 0 Å². The molecular weight excluding hydrogens is 340 g/mol. The lowest BCUT2D eigenvalue weighted by Crippen LogP contribution is -1.96. The lowest BCUT2D eigenvalue weighted by Gasteiger charge is -2.12. The van der Waals surface area contributed by atoms with Gasteiger partial charge in [0.1, 0.15) is 5.82 Å². The number of H-pyrrole nitrogens is 1. The average Bonchev–Trinajstić information content (AvgIpc) is 3.23. The monoisotopic (exact) mass is 382 g/mol. The number of aromatic amines is 1. The van der Waals surface area contributed by atoms with Crippen molar-refractivity contribution in [3.63, 3.8) is 0 Å². The van der Waals surface area contributed by atoms with E-state index in [1.165, 1.54) is 94.6 Å². The van der Waals surface area contributed by atoms with Gasteiger partial charge in [-0.05, 0) is 42.7 Å². The molecule has 0 aliphatic carbocycles. The zero-order valence-electron chi connectivity index (χ0n) is 18.4. The first-order valence-electron chi connectivity index (χ1n) is 11.9. The van der Waals surface area contributed by atoms with Crippen molar-refractivity contribution in [1.82, 2.24) is 9.97 Å². The van der Waals surface area contributed by atoms with Crippen molar-refractivity contribution in [2.24, 2.45) is 0 Å². The number of imidazole rings is 1. The van der Waals surface area contributed by atoms with E-state index in [4.69, 9.17) is 0 Å². The lowest BCUT2D eigenvalue weighted by atomic mass is 9.93. The molecule has 156 valence electrons. The van der Waals surface area contributed by atoms with Crippen LogP contribution in [0.2, 0.25) is 0 Å². The second-order valence-corrected chi connectivity index (χ2v) is 8.50. The summed E-state index contributed by atoms with van der Waals surface area (Å²) in [4.78, 5) is 7.48. The third-order valence-electron chi connectivity index (χ3n) is 5.97. The summed E-state index contributed by atoms with van der Waals surface area (Å²) in [5, 5.41) is 0. The van der Waals surface area contributed by atoms with Gasteiger partial charge in [-0.2, -0.15) is 0 Å². The SMILES string of the molecule is CCCCCCCCCCc1ccc(C(C)CCCCCc2ncc[nH]2)cc1. The van der Waals surface area contributed by atoms with Crippen LogP contribution >= 0.6 is 0 Å². The van der Waals surface area contributed by atoms with Crippen LogP contribution in [-0.2, 0) is 12.8 Å².